The van der Waals surface area contributed by atoms with Crippen LogP contribution in [0.25, 0.3) is 11.0 Å². The fourth-order valence-corrected chi connectivity index (χ4v) is 2.96. The molecule has 0 radical (unpaired) electrons. The molecule has 1 aromatic heterocycles. The molecule has 0 fully saturated rings. The monoisotopic (exact) mass is 319 g/mol. The predicted octanol–water partition coefficient (Wildman–Crippen LogP) is 5.42. The van der Waals surface area contributed by atoms with Gasteiger partial charge in [-0.25, -0.2) is 4.98 Å². The van der Waals surface area contributed by atoms with Gasteiger partial charge in [0.25, 0.3) is 0 Å². The second kappa shape index (κ2) is 5.58. The molecule has 5 heteroatoms. The van der Waals surface area contributed by atoms with Crippen LogP contribution in [0.2, 0.25) is 10.0 Å². The number of anilines is 2. The molecular weight excluding hydrogens is 305 g/mol. The molecule has 1 heterocycles. The Bertz CT molecular complexity index is 727. The maximum Gasteiger partial charge on any atom is 0.208 e. The van der Waals surface area contributed by atoms with E-state index in [2.05, 4.69) is 23.8 Å². The van der Waals surface area contributed by atoms with Crippen molar-refractivity contribution in [2.45, 2.75) is 19.9 Å². The van der Waals surface area contributed by atoms with E-state index < -0.39 is 0 Å². The van der Waals surface area contributed by atoms with E-state index in [9.17, 15) is 0 Å². The van der Waals surface area contributed by atoms with Crippen molar-refractivity contribution in [2.24, 2.45) is 0 Å². The van der Waals surface area contributed by atoms with Gasteiger partial charge in [0.2, 0.25) is 5.95 Å². The summed E-state index contributed by atoms with van der Waals surface area (Å²) in [6.07, 6.45) is 0. The van der Waals surface area contributed by atoms with Crippen molar-refractivity contribution in [1.82, 2.24) is 9.97 Å². The fraction of sp³-hybridized carbons (Fsp3) is 0.188. The van der Waals surface area contributed by atoms with Gasteiger partial charge in [-0.05, 0) is 38.1 Å². The lowest BCUT2D eigenvalue weighted by Gasteiger charge is -2.28. The zero-order valence-electron chi connectivity index (χ0n) is 11.8. The van der Waals surface area contributed by atoms with Crippen molar-refractivity contribution in [2.75, 3.05) is 4.90 Å². The number of para-hydroxylation sites is 3. The average molecular weight is 320 g/mol. The van der Waals surface area contributed by atoms with E-state index in [4.69, 9.17) is 23.2 Å². The lowest BCUT2D eigenvalue weighted by atomic mass is 10.2. The molecule has 0 aliphatic carbocycles. The van der Waals surface area contributed by atoms with Crippen LogP contribution in [0.5, 0.6) is 0 Å². The molecule has 0 saturated heterocycles. The maximum absolute atomic E-state index is 6.35. The van der Waals surface area contributed by atoms with Crippen molar-refractivity contribution in [1.29, 1.82) is 0 Å². The molecule has 0 atom stereocenters. The van der Waals surface area contributed by atoms with Gasteiger partial charge in [0.1, 0.15) is 0 Å². The van der Waals surface area contributed by atoms with Crippen LogP contribution < -0.4 is 4.90 Å². The summed E-state index contributed by atoms with van der Waals surface area (Å²) in [6, 6.07) is 13.6. The van der Waals surface area contributed by atoms with E-state index in [1.807, 2.05) is 47.4 Å². The summed E-state index contributed by atoms with van der Waals surface area (Å²) < 4.78 is 0. The normalized spacial score (nSPS) is 11.3. The molecule has 108 valence electrons. The highest BCUT2D eigenvalue weighted by Gasteiger charge is 2.21. The van der Waals surface area contributed by atoms with Crippen LogP contribution in [0, 0.1) is 0 Å². The minimum absolute atomic E-state index is 0.156. The number of benzene rings is 2. The van der Waals surface area contributed by atoms with Gasteiger partial charge in [0.05, 0.1) is 26.8 Å². The zero-order valence-corrected chi connectivity index (χ0v) is 13.3. The van der Waals surface area contributed by atoms with Crippen LogP contribution in [-0.2, 0) is 0 Å². The Morgan fingerprint density at radius 2 is 1.67 bits per heavy atom. The first-order valence-corrected chi connectivity index (χ1v) is 7.51. The highest BCUT2D eigenvalue weighted by atomic mass is 35.5. The van der Waals surface area contributed by atoms with Crippen molar-refractivity contribution < 1.29 is 0 Å². The maximum atomic E-state index is 6.35. The van der Waals surface area contributed by atoms with Crippen molar-refractivity contribution in [3.05, 3.63) is 52.5 Å². The van der Waals surface area contributed by atoms with E-state index in [1.165, 1.54) is 0 Å². The molecule has 21 heavy (non-hydrogen) atoms. The predicted molar refractivity (Wildman–Crippen MR) is 89.8 cm³/mol. The zero-order chi connectivity index (χ0) is 15.0. The van der Waals surface area contributed by atoms with Crippen molar-refractivity contribution in [3.63, 3.8) is 0 Å². The van der Waals surface area contributed by atoms with Gasteiger partial charge in [-0.3, -0.25) is 0 Å². The summed E-state index contributed by atoms with van der Waals surface area (Å²) in [5, 5.41) is 1.22. The van der Waals surface area contributed by atoms with Crippen LogP contribution in [0.15, 0.2) is 42.5 Å². The Hall–Kier alpha value is -1.71. The molecule has 0 aliphatic rings. The molecule has 0 saturated carbocycles. The molecule has 3 aromatic rings. The number of rotatable bonds is 3. The summed E-state index contributed by atoms with van der Waals surface area (Å²) in [7, 11) is 0. The van der Waals surface area contributed by atoms with Crippen molar-refractivity contribution in [3.8, 4) is 0 Å². The van der Waals surface area contributed by atoms with Gasteiger partial charge in [0.15, 0.2) is 0 Å². The van der Waals surface area contributed by atoms with E-state index in [0.29, 0.717) is 10.0 Å². The van der Waals surface area contributed by atoms with E-state index in [0.717, 1.165) is 22.7 Å². The SMILES string of the molecule is CC(C)N(c1nc2ccccc2[nH]1)c1c(Cl)cccc1Cl. The Balaban J connectivity index is 2.18. The van der Waals surface area contributed by atoms with Gasteiger partial charge in [0, 0.05) is 6.04 Å². The van der Waals surface area contributed by atoms with Gasteiger partial charge >= 0.3 is 0 Å². The van der Waals surface area contributed by atoms with Crippen molar-refractivity contribution >= 4 is 45.9 Å². The van der Waals surface area contributed by atoms with Gasteiger partial charge < -0.3 is 9.88 Å². The molecule has 1 N–H and O–H groups in total. The van der Waals surface area contributed by atoms with Gasteiger partial charge in [-0.1, -0.05) is 41.4 Å². The molecule has 2 aromatic carbocycles. The van der Waals surface area contributed by atoms with E-state index in [-0.39, 0.29) is 6.04 Å². The van der Waals surface area contributed by atoms with Gasteiger partial charge in [-0.2, -0.15) is 0 Å². The molecule has 0 spiro atoms. The molecule has 3 nitrogen and oxygen atoms in total. The molecule has 3 rings (SSSR count). The number of aromatic amines is 1. The quantitative estimate of drug-likeness (QED) is 0.699. The van der Waals surface area contributed by atoms with Crippen LogP contribution >= 0.6 is 23.2 Å². The smallest absolute Gasteiger partial charge is 0.208 e. The molecule has 0 bridgehead atoms. The first kappa shape index (κ1) is 14.2. The summed E-state index contributed by atoms with van der Waals surface area (Å²) in [5.41, 5.74) is 2.68. The van der Waals surface area contributed by atoms with Crippen LogP contribution in [-0.4, -0.2) is 16.0 Å². The van der Waals surface area contributed by atoms with Crippen LogP contribution in [0.3, 0.4) is 0 Å². The second-order valence-electron chi connectivity index (χ2n) is 5.11. The Morgan fingerprint density at radius 1 is 1.00 bits per heavy atom. The first-order chi connectivity index (χ1) is 10.1. The first-order valence-electron chi connectivity index (χ1n) is 6.76. The number of aromatic nitrogens is 2. The number of imidazole rings is 1. The highest BCUT2D eigenvalue weighted by molar-refractivity contribution is 6.39. The highest BCUT2D eigenvalue weighted by Crippen LogP contribution is 2.38. The summed E-state index contributed by atoms with van der Waals surface area (Å²) >= 11 is 12.7. The third-order valence-corrected chi connectivity index (χ3v) is 3.91. The Kier molecular flexibility index (Phi) is 3.79. The minimum atomic E-state index is 0.156. The summed E-state index contributed by atoms with van der Waals surface area (Å²) in [5.74, 6) is 0.737. The van der Waals surface area contributed by atoms with Crippen LogP contribution in [0.1, 0.15) is 13.8 Å². The van der Waals surface area contributed by atoms with Gasteiger partial charge in [-0.15, -0.1) is 0 Å². The van der Waals surface area contributed by atoms with Crippen LogP contribution in [0.4, 0.5) is 11.6 Å². The number of hydrogen-bond acceptors (Lipinski definition) is 2. The average Bonchev–Trinajstić information content (AvgIpc) is 2.85. The molecule has 0 unspecified atom stereocenters. The number of nitrogens with one attached hydrogen (secondary N) is 1. The number of halogens is 2. The topological polar surface area (TPSA) is 31.9 Å². The third kappa shape index (κ3) is 2.59. The standard InChI is InChI=1S/C16H15Cl2N3/c1-10(2)21(15-11(17)6-5-7-12(15)18)16-19-13-8-3-4-9-14(13)20-16/h3-10H,1-2H3,(H,19,20). The number of H-pyrrole nitrogens is 1. The number of nitrogens with zero attached hydrogens (tertiary/aromatic N) is 2. The Morgan fingerprint density at radius 3 is 2.29 bits per heavy atom. The molecule has 0 aliphatic heterocycles. The second-order valence-corrected chi connectivity index (χ2v) is 5.93. The minimum Gasteiger partial charge on any atom is -0.324 e. The Labute approximate surface area is 133 Å². The lowest BCUT2D eigenvalue weighted by Crippen LogP contribution is -2.27. The molecule has 0 amide bonds. The lowest BCUT2D eigenvalue weighted by molar-refractivity contribution is 0.770. The van der Waals surface area contributed by atoms with E-state index in [1.54, 1.807) is 0 Å². The number of fused-ring (bicyclic) bond motifs is 1. The van der Waals surface area contributed by atoms with E-state index >= 15 is 0 Å². The third-order valence-electron chi connectivity index (χ3n) is 3.30. The largest absolute Gasteiger partial charge is 0.324 e. The number of hydrogen-bond donors (Lipinski definition) is 1. The summed E-state index contributed by atoms with van der Waals surface area (Å²) in [4.78, 5) is 9.99. The fourth-order valence-electron chi connectivity index (χ4n) is 2.38. The summed E-state index contributed by atoms with van der Waals surface area (Å²) in [6.45, 7) is 4.15. The molecular formula is C16H15Cl2N3.